The van der Waals surface area contributed by atoms with Gasteiger partial charge in [0.2, 0.25) is 0 Å². The van der Waals surface area contributed by atoms with Crippen LogP contribution in [0.3, 0.4) is 0 Å². The predicted molar refractivity (Wildman–Crippen MR) is 182 cm³/mol. The van der Waals surface area contributed by atoms with E-state index in [1.807, 2.05) is 97.1 Å². The molecule has 9 heteroatoms. The molecule has 1 aliphatic carbocycles. The van der Waals surface area contributed by atoms with Gasteiger partial charge < -0.3 is 25.5 Å². The maximum Gasteiger partial charge on any atom is 0.407 e. The normalized spacial score (nSPS) is 12.5. The third-order valence-electron chi connectivity index (χ3n) is 8.64. The Morgan fingerprint density at radius 3 is 1.88 bits per heavy atom. The third kappa shape index (κ3) is 7.05. The van der Waals surface area contributed by atoms with Gasteiger partial charge >= 0.3 is 12.1 Å². The highest BCUT2D eigenvalue weighted by Gasteiger charge is 2.29. The lowest BCUT2D eigenvalue weighted by molar-refractivity contribution is -0.139. The summed E-state index contributed by atoms with van der Waals surface area (Å²) in [5.74, 6) is -2.39. The van der Waals surface area contributed by atoms with Crippen LogP contribution in [0.4, 0.5) is 4.79 Å². The summed E-state index contributed by atoms with van der Waals surface area (Å²) in [7, 11) is 0. The predicted octanol–water partition coefficient (Wildman–Crippen LogP) is 6.06. The van der Waals surface area contributed by atoms with Crippen molar-refractivity contribution in [2.45, 2.75) is 30.7 Å². The number of ether oxygens (including phenoxy) is 1. The molecule has 9 nitrogen and oxygen atoms in total. The van der Waals surface area contributed by atoms with Crippen LogP contribution in [0.15, 0.2) is 126 Å². The number of nitrogens with one attached hydrogen (secondary N) is 3. The molecule has 0 unspecified atom stereocenters. The SMILES string of the molecule is O=C(NCCC[C@H](NC(=O)c1ccc(C(c2ccccc2)c2ccccc2)[nH]c1=O)C(=O)O)OCC1c2ccccc2-c2ccccc21. The number of alkyl carbamates (subject to hydrolysis) is 1. The summed E-state index contributed by atoms with van der Waals surface area (Å²) in [6.45, 7) is 0.310. The lowest BCUT2D eigenvalue weighted by atomic mass is 9.88. The molecular weight excluding hydrogens is 606 g/mol. The first-order chi connectivity index (χ1) is 23.4. The van der Waals surface area contributed by atoms with Gasteiger partial charge in [0.15, 0.2) is 0 Å². The fraction of sp³-hybridized carbons (Fsp3) is 0.179. The molecule has 6 rings (SSSR count). The summed E-state index contributed by atoms with van der Waals surface area (Å²) in [5, 5.41) is 14.9. The van der Waals surface area contributed by atoms with Crippen molar-refractivity contribution in [2.24, 2.45) is 0 Å². The summed E-state index contributed by atoms with van der Waals surface area (Å²) in [5.41, 5.74) is 6.19. The van der Waals surface area contributed by atoms with E-state index in [1.165, 1.54) is 6.07 Å². The van der Waals surface area contributed by atoms with Crippen molar-refractivity contribution in [3.63, 3.8) is 0 Å². The van der Waals surface area contributed by atoms with Gasteiger partial charge in [-0.3, -0.25) is 9.59 Å². The molecule has 1 heterocycles. The van der Waals surface area contributed by atoms with Gasteiger partial charge in [0.1, 0.15) is 18.2 Å². The lowest BCUT2D eigenvalue weighted by Crippen LogP contribution is -2.43. The molecule has 0 saturated heterocycles. The van der Waals surface area contributed by atoms with Crippen LogP contribution >= 0.6 is 0 Å². The largest absolute Gasteiger partial charge is 0.480 e. The van der Waals surface area contributed by atoms with Crippen molar-refractivity contribution < 1.29 is 24.2 Å². The van der Waals surface area contributed by atoms with Gasteiger partial charge in [-0.1, -0.05) is 109 Å². The van der Waals surface area contributed by atoms with E-state index >= 15 is 0 Å². The molecule has 0 saturated carbocycles. The number of hydrogen-bond acceptors (Lipinski definition) is 5. The number of carboxylic acid groups (broad SMARTS) is 1. The first-order valence-electron chi connectivity index (χ1n) is 15.9. The Morgan fingerprint density at radius 2 is 1.31 bits per heavy atom. The number of fused-ring (bicyclic) bond motifs is 3. The maximum atomic E-state index is 13.1. The van der Waals surface area contributed by atoms with Crippen LogP contribution in [0, 0.1) is 0 Å². The summed E-state index contributed by atoms with van der Waals surface area (Å²) in [6.07, 6.45) is -0.319. The first kappa shape index (κ1) is 32.0. The standard InChI is InChI=1S/C39H35N3O6/c43-36-31(21-22-33(41-36)35(25-12-3-1-4-13-25)26-14-5-2-6-15-26)37(44)42-34(38(45)46)20-11-23-40-39(47)48-24-32-29-18-9-7-16-27(29)28-17-8-10-19-30(28)32/h1-10,12-19,21-22,32,34-35H,11,20,23-24H2,(H,40,47)(H,41,43)(H,42,44)(H,45,46)/t34-/m0/s1. The van der Waals surface area contributed by atoms with Crippen molar-refractivity contribution in [1.29, 1.82) is 0 Å². The Morgan fingerprint density at radius 1 is 0.750 bits per heavy atom. The Balaban J connectivity index is 1.03. The smallest absolute Gasteiger partial charge is 0.407 e. The average Bonchev–Trinajstić information content (AvgIpc) is 3.43. The van der Waals surface area contributed by atoms with Crippen molar-refractivity contribution in [1.82, 2.24) is 15.6 Å². The first-order valence-corrected chi connectivity index (χ1v) is 15.9. The van der Waals surface area contributed by atoms with Gasteiger partial charge in [-0.25, -0.2) is 9.59 Å². The van der Waals surface area contributed by atoms with E-state index in [2.05, 4.69) is 27.8 Å². The second-order valence-corrected chi connectivity index (χ2v) is 11.7. The van der Waals surface area contributed by atoms with E-state index in [0.717, 1.165) is 33.4 Å². The van der Waals surface area contributed by atoms with Crippen LogP contribution in [0.5, 0.6) is 0 Å². The van der Waals surface area contributed by atoms with Crippen LogP contribution in [0.2, 0.25) is 0 Å². The quantitative estimate of drug-likeness (QED) is 0.122. The van der Waals surface area contributed by atoms with Crippen molar-refractivity contribution in [3.8, 4) is 11.1 Å². The molecule has 2 amide bonds. The number of rotatable bonds is 12. The number of amides is 2. The average molecular weight is 642 g/mol. The second-order valence-electron chi connectivity index (χ2n) is 11.7. The number of carbonyl (C=O) groups is 3. The zero-order valence-electron chi connectivity index (χ0n) is 26.1. The van der Waals surface area contributed by atoms with E-state index in [0.29, 0.717) is 5.69 Å². The van der Waals surface area contributed by atoms with Gasteiger partial charge in [-0.15, -0.1) is 0 Å². The second kappa shape index (κ2) is 14.6. The molecule has 242 valence electrons. The van der Waals surface area contributed by atoms with E-state index in [9.17, 15) is 24.3 Å². The van der Waals surface area contributed by atoms with Gasteiger partial charge in [0, 0.05) is 24.1 Å². The van der Waals surface area contributed by atoms with Crippen molar-refractivity contribution in [3.05, 3.63) is 165 Å². The number of aromatic nitrogens is 1. The summed E-state index contributed by atoms with van der Waals surface area (Å²) < 4.78 is 5.54. The highest BCUT2D eigenvalue weighted by molar-refractivity contribution is 5.96. The van der Waals surface area contributed by atoms with Gasteiger partial charge in [-0.05, 0) is 58.4 Å². The van der Waals surface area contributed by atoms with E-state index in [1.54, 1.807) is 6.07 Å². The fourth-order valence-electron chi connectivity index (χ4n) is 6.32. The highest BCUT2D eigenvalue weighted by atomic mass is 16.5. The molecule has 4 aromatic carbocycles. The van der Waals surface area contributed by atoms with Crippen LogP contribution in [0.25, 0.3) is 11.1 Å². The Labute approximate surface area is 277 Å². The van der Waals surface area contributed by atoms with Crippen LogP contribution < -0.4 is 16.2 Å². The van der Waals surface area contributed by atoms with Gasteiger partial charge in [0.05, 0.1) is 0 Å². The minimum atomic E-state index is -1.26. The molecule has 0 spiro atoms. The Hall–Kier alpha value is -5.96. The van der Waals surface area contributed by atoms with Gasteiger partial charge in [-0.2, -0.15) is 0 Å². The fourth-order valence-corrected chi connectivity index (χ4v) is 6.32. The summed E-state index contributed by atoms with van der Waals surface area (Å²) in [6, 6.07) is 37.3. The maximum absolute atomic E-state index is 13.1. The molecule has 1 atom stereocenters. The minimum Gasteiger partial charge on any atom is -0.480 e. The molecule has 0 aliphatic heterocycles. The van der Waals surface area contributed by atoms with Crippen molar-refractivity contribution in [2.75, 3.05) is 13.2 Å². The highest BCUT2D eigenvalue weighted by Crippen LogP contribution is 2.44. The summed E-state index contributed by atoms with van der Waals surface area (Å²) in [4.78, 5) is 53.5. The number of carboxylic acids is 1. The number of hydrogen-bond donors (Lipinski definition) is 4. The molecular formula is C39H35N3O6. The van der Waals surface area contributed by atoms with Crippen molar-refractivity contribution >= 4 is 18.0 Å². The monoisotopic (exact) mass is 641 g/mol. The number of aromatic amines is 1. The van der Waals surface area contributed by atoms with Crippen LogP contribution in [0.1, 0.15) is 63.0 Å². The van der Waals surface area contributed by atoms with E-state index in [-0.39, 0.29) is 43.4 Å². The molecule has 48 heavy (non-hydrogen) atoms. The third-order valence-corrected chi connectivity index (χ3v) is 8.64. The Bertz CT molecular complexity index is 1890. The summed E-state index contributed by atoms with van der Waals surface area (Å²) >= 11 is 0. The molecule has 0 radical (unpaired) electrons. The molecule has 0 bridgehead atoms. The topological polar surface area (TPSA) is 138 Å². The zero-order valence-corrected chi connectivity index (χ0v) is 26.1. The Kier molecular flexibility index (Phi) is 9.76. The van der Waals surface area contributed by atoms with Crippen LogP contribution in [-0.4, -0.2) is 47.3 Å². The molecule has 1 aliphatic rings. The lowest BCUT2D eigenvalue weighted by Gasteiger charge is -2.19. The molecule has 0 fully saturated rings. The molecule has 5 aromatic rings. The number of carbonyl (C=O) groups excluding carboxylic acids is 2. The molecule has 4 N–H and O–H groups in total. The van der Waals surface area contributed by atoms with E-state index < -0.39 is 29.6 Å². The number of pyridine rings is 1. The van der Waals surface area contributed by atoms with Gasteiger partial charge in [0.25, 0.3) is 11.5 Å². The van der Waals surface area contributed by atoms with E-state index in [4.69, 9.17) is 4.74 Å². The number of aliphatic carboxylic acids is 1. The number of H-pyrrole nitrogens is 1. The van der Waals surface area contributed by atoms with Crippen LogP contribution in [-0.2, 0) is 9.53 Å². The zero-order chi connectivity index (χ0) is 33.5. The molecule has 1 aromatic heterocycles. The number of benzene rings is 4. The minimum absolute atomic E-state index is 0.0325.